The first kappa shape index (κ1) is 15.4. The lowest BCUT2D eigenvalue weighted by atomic mass is 9.91. The summed E-state index contributed by atoms with van der Waals surface area (Å²) in [5.74, 6) is 0.885. The van der Waals surface area contributed by atoms with Gasteiger partial charge in [0.05, 0.1) is 0 Å². The second-order valence-corrected chi connectivity index (χ2v) is 7.08. The molecule has 112 valence electrons. The third-order valence-corrected chi connectivity index (χ3v) is 5.22. The van der Waals surface area contributed by atoms with Crippen LogP contribution in [0.5, 0.6) is 0 Å². The van der Waals surface area contributed by atoms with Gasteiger partial charge in [0, 0.05) is 37.0 Å². The van der Waals surface area contributed by atoms with Gasteiger partial charge in [-0.05, 0) is 43.9 Å². The maximum absolute atomic E-state index is 12.2. The van der Waals surface area contributed by atoms with E-state index in [1.165, 1.54) is 12.8 Å². The fourth-order valence-corrected chi connectivity index (χ4v) is 3.32. The third-order valence-electron chi connectivity index (χ3n) is 4.51. The zero-order valence-corrected chi connectivity index (χ0v) is 12.4. The SMILES string of the molecule is CCC1(C)CNC(C2CC2)CN1CCSC(F)(F)F. The van der Waals surface area contributed by atoms with Crippen LogP contribution < -0.4 is 5.32 Å². The molecule has 0 aromatic carbocycles. The summed E-state index contributed by atoms with van der Waals surface area (Å²) in [5.41, 5.74) is -4.11. The smallest absolute Gasteiger partial charge is 0.311 e. The molecule has 1 saturated heterocycles. The summed E-state index contributed by atoms with van der Waals surface area (Å²) in [6.07, 6.45) is 3.51. The van der Waals surface area contributed by atoms with E-state index in [4.69, 9.17) is 0 Å². The van der Waals surface area contributed by atoms with E-state index in [1.807, 2.05) is 0 Å². The van der Waals surface area contributed by atoms with Gasteiger partial charge in [-0.25, -0.2) is 0 Å². The lowest BCUT2D eigenvalue weighted by Crippen LogP contribution is -2.64. The fourth-order valence-electron chi connectivity index (χ4n) is 2.78. The van der Waals surface area contributed by atoms with E-state index in [9.17, 15) is 13.2 Å². The fraction of sp³-hybridized carbons (Fsp3) is 1.00. The number of hydrogen-bond acceptors (Lipinski definition) is 3. The van der Waals surface area contributed by atoms with Crippen LogP contribution in [0.2, 0.25) is 0 Å². The highest BCUT2D eigenvalue weighted by Crippen LogP contribution is 2.37. The van der Waals surface area contributed by atoms with Gasteiger partial charge in [-0.15, -0.1) is 0 Å². The molecular weight excluding hydrogens is 273 g/mol. The number of hydrogen-bond donors (Lipinski definition) is 1. The molecule has 2 rings (SSSR count). The topological polar surface area (TPSA) is 15.3 Å². The van der Waals surface area contributed by atoms with Crippen LogP contribution in [-0.2, 0) is 0 Å². The average molecular weight is 296 g/mol. The van der Waals surface area contributed by atoms with Crippen molar-refractivity contribution in [3.05, 3.63) is 0 Å². The Morgan fingerprint density at radius 3 is 2.58 bits per heavy atom. The van der Waals surface area contributed by atoms with Crippen LogP contribution in [0.1, 0.15) is 33.1 Å². The second kappa shape index (κ2) is 5.82. The lowest BCUT2D eigenvalue weighted by Gasteiger charge is -2.48. The molecule has 0 aromatic heterocycles. The summed E-state index contributed by atoms with van der Waals surface area (Å²) in [4.78, 5) is 2.27. The maximum Gasteiger partial charge on any atom is 0.441 e. The van der Waals surface area contributed by atoms with Crippen LogP contribution in [0.15, 0.2) is 0 Å². The molecule has 2 atom stereocenters. The molecule has 0 radical (unpaired) electrons. The Hall–Kier alpha value is 0.0600. The van der Waals surface area contributed by atoms with E-state index in [0.717, 1.165) is 25.4 Å². The van der Waals surface area contributed by atoms with E-state index < -0.39 is 5.51 Å². The van der Waals surface area contributed by atoms with Crippen molar-refractivity contribution >= 4 is 11.8 Å². The summed E-state index contributed by atoms with van der Waals surface area (Å²) >= 11 is 0.102. The lowest BCUT2D eigenvalue weighted by molar-refractivity contribution is -0.0332. The van der Waals surface area contributed by atoms with Gasteiger partial charge in [-0.2, -0.15) is 13.2 Å². The van der Waals surface area contributed by atoms with Crippen LogP contribution in [0.3, 0.4) is 0 Å². The third kappa shape index (κ3) is 4.26. The largest absolute Gasteiger partial charge is 0.441 e. The molecule has 1 N–H and O–H groups in total. The molecule has 0 aromatic rings. The zero-order chi connectivity index (χ0) is 14.1. The molecule has 0 amide bonds. The second-order valence-electron chi connectivity index (χ2n) is 5.92. The number of rotatable bonds is 5. The Morgan fingerprint density at radius 1 is 1.37 bits per heavy atom. The van der Waals surface area contributed by atoms with E-state index in [2.05, 4.69) is 24.1 Å². The molecule has 2 nitrogen and oxygen atoms in total. The molecule has 0 bridgehead atoms. The highest BCUT2D eigenvalue weighted by atomic mass is 32.2. The van der Waals surface area contributed by atoms with Gasteiger partial charge in [0.25, 0.3) is 0 Å². The van der Waals surface area contributed by atoms with Gasteiger partial charge >= 0.3 is 5.51 Å². The molecule has 1 saturated carbocycles. The van der Waals surface area contributed by atoms with Crippen LogP contribution in [0, 0.1) is 5.92 Å². The Balaban J connectivity index is 1.88. The van der Waals surface area contributed by atoms with Crippen molar-refractivity contribution in [2.45, 2.75) is 50.2 Å². The number of nitrogens with one attached hydrogen (secondary N) is 1. The molecule has 2 fully saturated rings. The van der Waals surface area contributed by atoms with Crippen molar-refractivity contribution < 1.29 is 13.2 Å². The van der Waals surface area contributed by atoms with Crippen molar-refractivity contribution in [3.63, 3.8) is 0 Å². The van der Waals surface area contributed by atoms with Crippen LogP contribution in [0.4, 0.5) is 13.2 Å². The number of alkyl halides is 3. The van der Waals surface area contributed by atoms with Gasteiger partial charge < -0.3 is 5.32 Å². The summed E-state index contributed by atoms with van der Waals surface area (Å²) in [7, 11) is 0. The first-order valence-corrected chi connectivity index (χ1v) is 8.02. The molecule has 1 heterocycles. The first-order chi connectivity index (χ1) is 8.84. The average Bonchev–Trinajstić information content (AvgIpc) is 3.14. The Labute approximate surface area is 117 Å². The highest BCUT2D eigenvalue weighted by molar-refractivity contribution is 8.00. The minimum Gasteiger partial charge on any atom is -0.311 e. The van der Waals surface area contributed by atoms with Crippen LogP contribution in [0.25, 0.3) is 0 Å². The summed E-state index contributed by atoms with van der Waals surface area (Å²) in [6.45, 7) is 6.58. The molecular formula is C13H23F3N2S. The van der Waals surface area contributed by atoms with E-state index >= 15 is 0 Å². The van der Waals surface area contributed by atoms with E-state index in [0.29, 0.717) is 12.6 Å². The van der Waals surface area contributed by atoms with Gasteiger partial charge in [-0.1, -0.05) is 6.92 Å². The zero-order valence-electron chi connectivity index (χ0n) is 11.6. The number of halogens is 3. The molecule has 0 spiro atoms. The molecule has 6 heteroatoms. The molecule has 2 unspecified atom stereocenters. The summed E-state index contributed by atoms with van der Waals surface area (Å²) in [5, 5.41) is 3.59. The minimum atomic E-state index is -4.10. The van der Waals surface area contributed by atoms with Gasteiger partial charge in [-0.3, -0.25) is 4.90 Å². The molecule has 19 heavy (non-hydrogen) atoms. The van der Waals surface area contributed by atoms with E-state index in [-0.39, 0.29) is 23.1 Å². The standard InChI is InChI=1S/C13H23F3N2S/c1-3-12(2)9-17-11(10-4-5-10)8-18(12)6-7-19-13(14,15)16/h10-11,17H,3-9H2,1-2H3. The van der Waals surface area contributed by atoms with Gasteiger partial charge in [0.2, 0.25) is 0 Å². The highest BCUT2D eigenvalue weighted by Gasteiger charge is 2.41. The monoisotopic (exact) mass is 296 g/mol. The Morgan fingerprint density at radius 2 is 2.05 bits per heavy atom. The molecule has 2 aliphatic rings. The molecule has 1 aliphatic carbocycles. The maximum atomic E-state index is 12.2. The van der Waals surface area contributed by atoms with Crippen molar-refractivity contribution in [3.8, 4) is 0 Å². The van der Waals surface area contributed by atoms with Crippen molar-refractivity contribution in [2.24, 2.45) is 5.92 Å². The first-order valence-electron chi connectivity index (χ1n) is 7.03. The Kier molecular flexibility index (Phi) is 4.73. The summed E-state index contributed by atoms with van der Waals surface area (Å²) < 4.78 is 36.7. The van der Waals surface area contributed by atoms with Gasteiger partial charge in [0.1, 0.15) is 0 Å². The van der Waals surface area contributed by atoms with Crippen LogP contribution in [-0.4, -0.2) is 47.4 Å². The van der Waals surface area contributed by atoms with Gasteiger partial charge in [0.15, 0.2) is 0 Å². The quantitative estimate of drug-likeness (QED) is 0.839. The Bertz CT molecular complexity index is 307. The van der Waals surface area contributed by atoms with Crippen LogP contribution >= 0.6 is 11.8 Å². The number of piperazine rings is 1. The van der Waals surface area contributed by atoms with Crippen molar-refractivity contribution in [1.82, 2.24) is 10.2 Å². The van der Waals surface area contributed by atoms with Crippen molar-refractivity contribution in [2.75, 3.05) is 25.4 Å². The molecule has 1 aliphatic heterocycles. The number of nitrogens with zero attached hydrogens (tertiary/aromatic N) is 1. The summed E-state index contributed by atoms with van der Waals surface area (Å²) in [6, 6.07) is 0.482. The van der Waals surface area contributed by atoms with E-state index in [1.54, 1.807) is 0 Å². The predicted octanol–water partition coefficient (Wildman–Crippen LogP) is 3.09. The predicted molar refractivity (Wildman–Crippen MR) is 73.3 cm³/mol. The normalized spacial score (nSPS) is 33.6. The van der Waals surface area contributed by atoms with Crippen molar-refractivity contribution in [1.29, 1.82) is 0 Å². The minimum absolute atomic E-state index is 0.00243. The number of thioether (sulfide) groups is 1.